The molecule has 2 nitrogen and oxygen atoms in total. The van der Waals surface area contributed by atoms with Gasteiger partial charge in [0.1, 0.15) is 0 Å². The molecule has 0 bridgehead atoms. The molecule has 0 spiro atoms. The van der Waals surface area contributed by atoms with Gasteiger partial charge in [-0.3, -0.25) is 4.90 Å². The summed E-state index contributed by atoms with van der Waals surface area (Å²) in [5.41, 5.74) is 0. The molecule has 16 heavy (non-hydrogen) atoms. The lowest BCUT2D eigenvalue weighted by molar-refractivity contribution is 0.0987. The third kappa shape index (κ3) is 2.78. The van der Waals surface area contributed by atoms with Gasteiger partial charge in [0.2, 0.25) is 0 Å². The van der Waals surface area contributed by atoms with Gasteiger partial charge in [0, 0.05) is 25.2 Å². The minimum Gasteiger partial charge on any atom is -0.311 e. The van der Waals surface area contributed by atoms with Gasteiger partial charge >= 0.3 is 0 Å². The fraction of sp³-hybridized carbons (Fsp3) is 1.00. The minimum absolute atomic E-state index is 0.781. The Balaban J connectivity index is 1.87. The van der Waals surface area contributed by atoms with Crippen LogP contribution in [0.5, 0.6) is 0 Å². The second-order valence-electron chi connectivity index (χ2n) is 5.56. The average Bonchev–Trinajstić information content (AvgIpc) is 2.39. The second-order valence-corrected chi connectivity index (χ2v) is 5.56. The number of likely N-dealkylation sites (N-methyl/N-ethyl adjacent to an activating group) is 1. The van der Waals surface area contributed by atoms with E-state index in [2.05, 4.69) is 24.1 Å². The molecule has 2 rings (SSSR count). The Morgan fingerprint density at radius 3 is 2.50 bits per heavy atom. The zero-order valence-electron chi connectivity index (χ0n) is 11.0. The van der Waals surface area contributed by atoms with E-state index in [1.165, 1.54) is 58.2 Å². The maximum atomic E-state index is 3.81. The Morgan fingerprint density at radius 2 is 1.88 bits per heavy atom. The van der Waals surface area contributed by atoms with E-state index >= 15 is 0 Å². The van der Waals surface area contributed by atoms with E-state index < -0.39 is 0 Å². The summed E-state index contributed by atoms with van der Waals surface area (Å²) in [6.45, 7) is 8.36. The maximum Gasteiger partial charge on any atom is 0.0224 e. The van der Waals surface area contributed by atoms with Crippen molar-refractivity contribution in [2.45, 2.75) is 64.5 Å². The monoisotopic (exact) mass is 224 g/mol. The third-order valence-electron chi connectivity index (χ3n) is 4.66. The standard InChI is InChI=1S/C14H28N2/c1-3-13-10-15-14(11-16(13)4-2)12-8-6-5-7-9-12/h12-15H,3-11H2,1-2H3. The van der Waals surface area contributed by atoms with E-state index in [9.17, 15) is 0 Å². The van der Waals surface area contributed by atoms with Crippen LogP contribution >= 0.6 is 0 Å². The predicted molar refractivity (Wildman–Crippen MR) is 69.7 cm³/mol. The predicted octanol–water partition coefficient (Wildman–Crippen LogP) is 2.64. The molecule has 1 aliphatic heterocycles. The van der Waals surface area contributed by atoms with Gasteiger partial charge < -0.3 is 5.32 Å². The molecule has 1 saturated carbocycles. The van der Waals surface area contributed by atoms with E-state index in [0.717, 1.165) is 18.0 Å². The van der Waals surface area contributed by atoms with Gasteiger partial charge in [0.25, 0.3) is 0 Å². The molecule has 1 N–H and O–H groups in total. The highest BCUT2D eigenvalue weighted by atomic mass is 15.2. The van der Waals surface area contributed by atoms with E-state index in [4.69, 9.17) is 0 Å². The summed E-state index contributed by atoms with van der Waals surface area (Å²) in [5.74, 6) is 0.959. The molecule has 0 amide bonds. The number of piperazine rings is 1. The number of rotatable bonds is 3. The van der Waals surface area contributed by atoms with Gasteiger partial charge in [0.05, 0.1) is 0 Å². The number of hydrogen-bond donors (Lipinski definition) is 1. The van der Waals surface area contributed by atoms with Gasteiger partial charge in [-0.15, -0.1) is 0 Å². The van der Waals surface area contributed by atoms with Gasteiger partial charge in [0.15, 0.2) is 0 Å². The van der Waals surface area contributed by atoms with Crippen LogP contribution in [-0.2, 0) is 0 Å². The molecule has 0 radical (unpaired) electrons. The molecular weight excluding hydrogens is 196 g/mol. The van der Waals surface area contributed by atoms with Crippen LogP contribution in [0.4, 0.5) is 0 Å². The first-order valence-corrected chi connectivity index (χ1v) is 7.32. The van der Waals surface area contributed by atoms with Crippen LogP contribution < -0.4 is 5.32 Å². The summed E-state index contributed by atoms with van der Waals surface area (Å²) >= 11 is 0. The first-order valence-electron chi connectivity index (χ1n) is 7.32. The molecule has 2 fully saturated rings. The van der Waals surface area contributed by atoms with Gasteiger partial charge in [-0.2, -0.15) is 0 Å². The molecule has 1 heterocycles. The van der Waals surface area contributed by atoms with Crippen molar-refractivity contribution in [1.82, 2.24) is 10.2 Å². The normalized spacial score (nSPS) is 34.1. The molecule has 2 atom stereocenters. The zero-order chi connectivity index (χ0) is 11.4. The molecular formula is C14H28N2. The number of nitrogens with one attached hydrogen (secondary N) is 1. The maximum absolute atomic E-state index is 3.81. The second kappa shape index (κ2) is 6.02. The van der Waals surface area contributed by atoms with Crippen molar-refractivity contribution in [2.75, 3.05) is 19.6 Å². The number of nitrogens with zero attached hydrogens (tertiary/aromatic N) is 1. The van der Waals surface area contributed by atoms with Crippen LogP contribution in [-0.4, -0.2) is 36.6 Å². The summed E-state index contributed by atoms with van der Waals surface area (Å²) in [6, 6.07) is 1.56. The molecule has 0 aromatic carbocycles. The lowest BCUT2D eigenvalue weighted by atomic mass is 9.82. The summed E-state index contributed by atoms with van der Waals surface area (Å²) in [7, 11) is 0. The quantitative estimate of drug-likeness (QED) is 0.793. The molecule has 94 valence electrons. The highest BCUT2D eigenvalue weighted by Gasteiger charge is 2.31. The first kappa shape index (κ1) is 12.4. The summed E-state index contributed by atoms with van der Waals surface area (Å²) in [5, 5.41) is 3.81. The summed E-state index contributed by atoms with van der Waals surface area (Å²) in [4.78, 5) is 2.69. The average molecular weight is 224 g/mol. The zero-order valence-corrected chi connectivity index (χ0v) is 11.0. The van der Waals surface area contributed by atoms with Gasteiger partial charge in [-0.05, 0) is 31.7 Å². The van der Waals surface area contributed by atoms with Crippen molar-refractivity contribution < 1.29 is 0 Å². The van der Waals surface area contributed by atoms with Crippen molar-refractivity contribution in [3.63, 3.8) is 0 Å². The van der Waals surface area contributed by atoms with Crippen molar-refractivity contribution in [3.05, 3.63) is 0 Å². The topological polar surface area (TPSA) is 15.3 Å². The van der Waals surface area contributed by atoms with Gasteiger partial charge in [-0.25, -0.2) is 0 Å². The summed E-state index contributed by atoms with van der Waals surface area (Å²) < 4.78 is 0. The Kier molecular flexibility index (Phi) is 4.66. The van der Waals surface area contributed by atoms with Crippen LogP contribution in [0.2, 0.25) is 0 Å². The lowest BCUT2D eigenvalue weighted by Gasteiger charge is -2.43. The van der Waals surface area contributed by atoms with Gasteiger partial charge in [-0.1, -0.05) is 33.1 Å². The van der Waals surface area contributed by atoms with Crippen molar-refractivity contribution in [3.8, 4) is 0 Å². The molecule has 2 unspecified atom stereocenters. The fourth-order valence-corrected chi connectivity index (χ4v) is 3.52. The smallest absolute Gasteiger partial charge is 0.0224 e. The third-order valence-corrected chi connectivity index (χ3v) is 4.66. The van der Waals surface area contributed by atoms with Crippen LogP contribution in [0.1, 0.15) is 52.4 Å². The SMILES string of the molecule is CCC1CNC(C2CCCCC2)CN1CC. The fourth-order valence-electron chi connectivity index (χ4n) is 3.52. The largest absolute Gasteiger partial charge is 0.311 e. The highest BCUT2D eigenvalue weighted by Crippen LogP contribution is 2.28. The van der Waals surface area contributed by atoms with E-state index in [1.807, 2.05) is 0 Å². The molecule has 0 aromatic heterocycles. The van der Waals surface area contributed by atoms with Crippen LogP contribution in [0.3, 0.4) is 0 Å². The van der Waals surface area contributed by atoms with Crippen molar-refractivity contribution in [2.24, 2.45) is 5.92 Å². The summed E-state index contributed by atoms with van der Waals surface area (Å²) in [6.07, 6.45) is 8.62. The lowest BCUT2D eigenvalue weighted by Crippen LogP contribution is -2.58. The Morgan fingerprint density at radius 1 is 1.12 bits per heavy atom. The van der Waals surface area contributed by atoms with E-state index in [-0.39, 0.29) is 0 Å². The first-order chi connectivity index (χ1) is 7.85. The minimum atomic E-state index is 0.781. The Bertz CT molecular complexity index is 199. The Hall–Kier alpha value is -0.0800. The molecule has 2 heteroatoms. The van der Waals surface area contributed by atoms with Crippen LogP contribution in [0.15, 0.2) is 0 Å². The molecule has 0 aromatic rings. The van der Waals surface area contributed by atoms with E-state index in [0.29, 0.717) is 0 Å². The van der Waals surface area contributed by atoms with Crippen LogP contribution in [0, 0.1) is 5.92 Å². The number of hydrogen-bond acceptors (Lipinski definition) is 2. The Labute approximate surface area is 101 Å². The van der Waals surface area contributed by atoms with E-state index in [1.54, 1.807) is 0 Å². The molecule has 1 aliphatic carbocycles. The van der Waals surface area contributed by atoms with Crippen molar-refractivity contribution in [1.29, 1.82) is 0 Å². The van der Waals surface area contributed by atoms with Crippen LogP contribution in [0.25, 0.3) is 0 Å². The molecule has 2 aliphatic rings. The van der Waals surface area contributed by atoms with Crippen molar-refractivity contribution >= 4 is 0 Å². The molecule has 1 saturated heterocycles. The highest BCUT2D eigenvalue weighted by molar-refractivity contribution is 4.89.